The van der Waals surface area contributed by atoms with Crippen molar-refractivity contribution >= 4 is 52.7 Å². The Bertz CT molecular complexity index is 1020. The molecule has 29 heavy (non-hydrogen) atoms. The summed E-state index contributed by atoms with van der Waals surface area (Å²) in [4.78, 5) is 24.6. The number of hydrogen-bond acceptors (Lipinski definition) is 7. The Labute approximate surface area is 181 Å². The average Bonchev–Trinajstić information content (AvgIpc) is 3.07. The van der Waals surface area contributed by atoms with Crippen LogP contribution in [0, 0.1) is 3.95 Å². The number of carbonyl (C=O) groups is 2. The fourth-order valence-corrected chi connectivity index (χ4v) is 4.84. The summed E-state index contributed by atoms with van der Waals surface area (Å²) in [6, 6.07) is 18.5. The van der Waals surface area contributed by atoms with Crippen molar-refractivity contribution in [2.24, 2.45) is 0 Å². The Morgan fingerprint density at radius 2 is 1.83 bits per heavy atom. The number of amides is 1. The SMILES string of the molecule is CC(=O)C(Sc1nn(CCOc2ccccc2)c(=S)s1)C(=O)Nc1ccccc1. The van der Waals surface area contributed by atoms with E-state index in [0.29, 0.717) is 27.1 Å². The molecule has 1 unspecified atom stereocenters. The number of rotatable bonds is 9. The highest BCUT2D eigenvalue weighted by Gasteiger charge is 2.26. The van der Waals surface area contributed by atoms with Gasteiger partial charge in [0.25, 0.3) is 0 Å². The molecule has 0 radical (unpaired) electrons. The van der Waals surface area contributed by atoms with E-state index >= 15 is 0 Å². The number of aromatic nitrogens is 2. The standard InChI is InChI=1S/C20H19N3O3S3/c1-14(24)17(18(25)21-15-8-4-2-5-9-15)28-19-22-23(20(27)29-19)12-13-26-16-10-6-3-7-11-16/h2-11,17H,12-13H2,1H3,(H,21,25). The van der Waals surface area contributed by atoms with E-state index in [1.807, 2.05) is 48.5 Å². The van der Waals surface area contributed by atoms with Crippen LogP contribution in [-0.2, 0) is 16.1 Å². The zero-order valence-electron chi connectivity index (χ0n) is 15.6. The Kier molecular flexibility index (Phi) is 7.56. The summed E-state index contributed by atoms with van der Waals surface area (Å²) >= 11 is 7.74. The highest BCUT2D eigenvalue weighted by molar-refractivity contribution is 8.03. The van der Waals surface area contributed by atoms with Crippen LogP contribution in [-0.4, -0.2) is 33.3 Å². The van der Waals surface area contributed by atoms with Crippen molar-refractivity contribution in [2.75, 3.05) is 11.9 Å². The van der Waals surface area contributed by atoms with Crippen LogP contribution in [0.2, 0.25) is 0 Å². The van der Waals surface area contributed by atoms with Crippen molar-refractivity contribution in [3.63, 3.8) is 0 Å². The number of hydrogen-bond donors (Lipinski definition) is 1. The maximum Gasteiger partial charge on any atom is 0.245 e. The molecule has 0 aliphatic carbocycles. The van der Waals surface area contributed by atoms with Gasteiger partial charge in [-0.05, 0) is 43.4 Å². The molecule has 0 saturated carbocycles. The van der Waals surface area contributed by atoms with Gasteiger partial charge in [0.1, 0.15) is 17.6 Å². The lowest BCUT2D eigenvalue weighted by molar-refractivity contribution is -0.123. The molecule has 1 N–H and O–H groups in total. The molecule has 6 nitrogen and oxygen atoms in total. The van der Waals surface area contributed by atoms with Crippen molar-refractivity contribution in [1.82, 2.24) is 9.78 Å². The minimum Gasteiger partial charge on any atom is -0.492 e. The highest BCUT2D eigenvalue weighted by atomic mass is 32.2. The number of carbonyl (C=O) groups excluding carboxylic acids is 2. The maximum absolute atomic E-state index is 12.6. The number of Topliss-reactive ketones (excluding diaryl/α,β-unsaturated/α-hetero) is 1. The third-order valence-corrected chi connectivity index (χ3v) is 6.48. The van der Waals surface area contributed by atoms with Crippen molar-refractivity contribution in [3.8, 4) is 5.75 Å². The van der Waals surface area contributed by atoms with E-state index in [0.717, 1.165) is 17.5 Å². The second-order valence-corrected chi connectivity index (χ2v) is 8.96. The number of ketones is 1. The Balaban J connectivity index is 1.61. The lowest BCUT2D eigenvalue weighted by Crippen LogP contribution is -2.30. The molecule has 3 rings (SSSR count). The van der Waals surface area contributed by atoms with Crippen LogP contribution >= 0.6 is 35.3 Å². The van der Waals surface area contributed by atoms with Crippen LogP contribution in [0.4, 0.5) is 5.69 Å². The molecule has 2 aromatic carbocycles. The van der Waals surface area contributed by atoms with E-state index in [4.69, 9.17) is 17.0 Å². The van der Waals surface area contributed by atoms with Crippen LogP contribution < -0.4 is 10.1 Å². The normalized spacial score (nSPS) is 11.6. The summed E-state index contributed by atoms with van der Waals surface area (Å²) in [6.07, 6.45) is 0. The zero-order valence-corrected chi connectivity index (χ0v) is 18.1. The van der Waals surface area contributed by atoms with Crippen molar-refractivity contribution < 1.29 is 14.3 Å². The number of ether oxygens (including phenoxy) is 1. The second kappa shape index (κ2) is 10.3. The third-order valence-electron chi connectivity index (χ3n) is 3.77. The summed E-state index contributed by atoms with van der Waals surface area (Å²) in [5, 5.41) is 6.30. The number of thioether (sulfide) groups is 1. The number of nitrogens with one attached hydrogen (secondary N) is 1. The van der Waals surface area contributed by atoms with Crippen LogP contribution in [0.1, 0.15) is 6.92 Å². The molecule has 1 aromatic heterocycles. The van der Waals surface area contributed by atoms with Crippen molar-refractivity contribution in [2.45, 2.75) is 23.1 Å². The van der Waals surface area contributed by atoms with E-state index in [2.05, 4.69) is 10.4 Å². The largest absolute Gasteiger partial charge is 0.492 e. The van der Waals surface area contributed by atoms with Gasteiger partial charge in [0.2, 0.25) is 5.91 Å². The topological polar surface area (TPSA) is 73.2 Å². The predicted molar refractivity (Wildman–Crippen MR) is 118 cm³/mol. The van der Waals surface area contributed by atoms with Gasteiger partial charge in [0.15, 0.2) is 14.1 Å². The molecule has 9 heteroatoms. The first-order chi connectivity index (χ1) is 14.0. The molecular weight excluding hydrogens is 426 g/mol. The highest BCUT2D eigenvalue weighted by Crippen LogP contribution is 2.28. The van der Waals surface area contributed by atoms with Gasteiger partial charge in [-0.1, -0.05) is 59.5 Å². The lowest BCUT2D eigenvalue weighted by Gasteiger charge is -2.12. The number of para-hydroxylation sites is 2. The first kappa shape index (κ1) is 21.2. The summed E-state index contributed by atoms with van der Waals surface area (Å²) < 4.78 is 8.45. The van der Waals surface area contributed by atoms with E-state index in [-0.39, 0.29) is 11.7 Å². The second-order valence-electron chi connectivity index (χ2n) is 5.98. The minimum absolute atomic E-state index is 0.247. The van der Waals surface area contributed by atoms with E-state index < -0.39 is 5.25 Å². The number of benzene rings is 2. The van der Waals surface area contributed by atoms with E-state index in [1.54, 1.807) is 16.8 Å². The minimum atomic E-state index is -0.898. The smallest absolute Gasteiger partial charge is 0.245 e. The number of nitrogens with zero attached hydrogens (tertiary/aromatic N) is 2. The van der Waals surface area contributed by atoms with Gasteiger partial charge < -0.3 is 10.1 Å². The molecule has 1 heterocycles. The van der Waals surface area contributed by atoms with Gasteiger partial charge >= 0.3 is 0 Å². The molecule has 1 amide bonds. The van der Waals surface area contributed by atoms with Gasteiger partial charge in [0.05, 0.1) is 6.54 Å². The van der Waals surface area contributed by atoms with E-state index in [9.17, 15) is 9.59 Å². The molecule has 0 fully saturated rings. The summed E-state index contributed by atoms with van der Waals surface area (Å²) in [5.41, 5.74) is 0.639. The monoisotopic (exact) mass is 445 g/mol. The fraction of sp³-hybridized carbons (Fsp3) is 0.200. The first-order valence-corrected chi connectivity index (χ1v) is 10.9. The molecule has 3 aromatic rings. The first-order valence-electron chi connectivity index (χ1n) is 8.82. The van der Waals surface area contributed by atoms with Gasteiger partial charge in [-0.2, -0.15) is 5.10 Å². The summed E-state index contributed by atoms with van der Waals surface area (Å²) in [7, 11) is 0. The molecule has 0 saturated heterocycles. The molecule has 0 spiro atoms. The molecule has 1 atom stereocenters. The van der Waals surface area contributed by atoms with Gasteiger partial charge in [0, 0.05) is 5.69 Å². The van der Waals surface area contributed by atoms with Crippen LogP contribution in [0.3, 0.4) is 0 Å². The van der Waals surface area contributed by atoms with Gasteiger partial charge in [-0.25, -0.2) is 4.68 Å². The fourth-order valence-electron chi connectivity index (χ4n) is 2.39. The number of anilines is 1. The van der Waals surface area contributed by atoms with Crippen molar-refractivity contribution in [1.29, 1.82) is 0 Å². The van der Waals surface area contributed by atoms with Crippen molar-refractivity contribution in [3.05, 3.63) is 64.6 Å². The molecular formula is C20H19N3O3S3. The third kappa shape index (κ3) is 6.25. The quantitative estimate of drug-likeness (QED) is 0.298. The molecule has 0 bridgehead atoms. The zero-order chi connectivity index (χ0) is 20.6. The molecule has 150 valence electrons. The maximum atomic E-state index is 12.6. The van der Waals surface area contributed by atoms with E-state index in [1.165, 1.54) is 18.3 Å². The predicted octanol–water partition coefficient (Wildman–Crippen LogP) is 4.44. The average molecular weight is 446 g/mol. The summed E-state index contributed by atoms with van der Waals surface area (Å²) in [5.74, 6) is 0.148. The van der Waals surface area contributed by atoms with Gasteiger partial charge in [-0.15, -0.1) is 0 Å². The van der Waals surface area contributed by atoms with Crippen LogP contribution in [0.15, 0.2) is 65.0 Å². The Morgan fingerprint density at radius 3 is 2.48 bits per heavy atom. The van der Waals surface area contributed by atoms with Crippen LogP contribution in [0.25, 0.3) is 0 Å². The lowest BCUT2D eigenvalue weighted by atomic mass is 10.2. The molecule has 0 aliphatic heterocycles. The van der Waals surface area contributed by atoms with Gasteiger partial charge in [-0.3, -0.25) is 9.59 Å². The molecule has 0 aliphatic rings. The van der Waals surface area contributed by atoms with Crippen LogP contribution in [0.5, 0.6) is 5.75 Å². The Morgan fingerprint density at radius 1 is 1.17 bits per heavy atom. The summed E-state index contributed by atoms with van der Waals surface area (Å²) in [6.45, 7) is 2.29. The Hall–Kier alpha value is -2.49.